The maximum Gasteiger partial charge on any atom is 0.139 e. The number of fused-ring (bicyclic) bond motifs is 5. The van der Waals surface area contributed by atoms with E-state index in [9.17, 15) is 9.90 Å². The van der Waals surface area contributed by atoms with E-state index in [0.717, 1.165) is 25.7 Å². The number of hydrogen-bond acceptors (Lipinski definition) is 2. The van der Waals surface area contributed by atoms with Gasteiger partial charge in [-0.1, -0.05) is 32.9 Å². The van der Waals surface area contributed by atoms with Gasteiger partial charge >= 0.3 is 0 Å². The van der Waals surface area contributed by atoms with Gasteiger partial charge in [-0.3, -0.25) is 4.79 Å². The molecule has 0 heterocycles. The van der Waals surface area contributed by atoms with E-state index in [-0.39, 0.29) is 16.9 Å². The van der Waals surface area contributed by atoms with E-state index in [0.29, 0.717) is 35.4 Å². The highest BCUT2D eigenvalue weighted by atomic mass is 16.3. The van der Waals surface area contributed by atoms with Gasteiger partial charge in [-0.25, -0.2) is 0 Å². The first-order valence-corrected chi connectivity index (χ1v) is 9.27. The van der Waals surface area contributed by atoms with Gasteiger partial charge in [-0.2, -0.15) is 0 Å². The zero-order valence-corrected chi connectivity index (χ0v) is 14.2. The van der Waals surface area contributed by atoms with Gasteiger partial charge in [0.05, 0.1) is 6.10 Å². The first-order chi connectivity index (χ1) is 10.4. The van der Waals surface area contributed by atoms with Gasteiger partial charge in [-0.15, -0.1) is 0 Å². The summed E-state index contributed by atoms with van der Waals surface area (Å²) in [6.07, 6.45) is 10.5. The average molecular weight is 302 g/mol. The van der Waals surface area contributed by atoms with Gasteiger partial charge in [0, 0.05) is 11.8 Å². The van der Waals surface area contributed by atoms with Crippen LogP contribution < -0.4 is 0 Å². The summed E-state index contributed by atoms with van der Waals surface area (Å²) in [5.41, 5.74) is 0.208. The van der Waals surface area contributed by atoms with Crippen molar-refractivity contribution in [3.63, 3.8) is 0 Å². The summed E-state index contributed by atoms with van der Waals surface area (Å²) in [5.74, 6) is 3.85. The Morgan fingerprint density at radius 1 is 1.18 bits per heavy atom. The Kier molecular flexibility index (Phi) is 3.18. The predicted molar refractivity (Wildman–Crippen MR) is 87.2 cm³/mol. The van der Waals surface area contributed by atoms with Crippen molar-refractivity contribution >= 4 is 5.78 Å². The second-order valence-electron chi connectivity index (χ2n) is 9.15. The number of Topliss-reactive ketones (excluding diaryl/α,β-unsaturated/α-hetero) is 1. The molecule has 0 aromatic heterocycles. The molecular weight excluding hydrogens is 272 g/mol. The summed E-state index contributed by atoms with van der Waals surface area (Å²) in [6, 6.07) is 0. The molecule has 2 nitrogen and oxygen atoms in total. The van der Waals surface area contributed by atoms with Crippen LogP contribution in [0.1, 0.15) is 59.3 Å². The summed E-state index contributed by atoms with van der Waals surface area (Å²) in [4.78, 5) is 12.5. The molecule has 0 radical (unpaired) electrons. The fraction of sp³-hybridized carbons (Fsp3) is 0.850. The summed E-state index contributed by atoms with van der Waals surface area (Å²) in [6.45, 7) is 7.10. The fourth-order valence-corrected chi connectivity index (χ4v) is 6.95. The van der Waals surface area contributed by atoms with E-state index in [1.807, 2.05) is 6.08 Å². The summed E-state index contributed by atoms with van der Waals surface area (Å²) < 4.78 is 0. The van der Waals surface area contributed by atoms with Crippen LogP contribution in [-0.2, 0) is 4.79 Å². The number of allylic oxidation sites excluding steroid dienone is 1. The molecule has 0 aliphatic heterocycles. The lowest BCUT2D eigenvalue weighted by Gasteiger charge is -2.60. The van der Waals surface area contributed by atoms with Crippen LogP contribution >= 0.6 is 0 Å². The smallest absolute Gasteiger partial charge is 0.139 e. The molecule has 0 amide bonds. The normalized spacial score (nSPS) is 57.2. The molecule has 0 aromatic rings. The number of ketones is 1. The van der Waals surface area contributed by atoms with Crippen molar-refractivity contribution in [3.05, 3.63) is 12.2 Å². The molecule has 22 heavy (non-hydrogen) atoms. The van der Waals surface area contributed by atoms with E-state index >= 15 is 0 Å². The highest BCUT2D eigenvalue weighted by molar-refractivity contribution is 5.87. The lowest BCUT2D eigenvalue weighted by Crippen LogP contribution is -2.55. The Labute approximate surface area is 134 Å². The highest BCUT2D eigenvalue weighted by Crippen LogP contribution is 2.65. The first kappa shape index (κ1) is 14.9. The number of aliphatic hydroxyl groups excluding tert-OH is 1. The molecule has 0 aromatic carbocycles. The lowest BCUT2D eigenvalue weighted by molar-refractivity contribution is -0.139. The highest BCUT2D eigenvalue weighted by Gasteiger charge is 2.61. The molecule has 122 valence electrons. The molecule has 4 rings (SSSR count). The third kappa shape index (κ3) is 1.79. The minimum atomic E-state index is -0.247. The molecule has 0 saturated heterocycles. The zero-order valence-electron chi connectivity index (χ0n) is 14.2. The molecule has 3 unspecified atom stereocenters. The van der Waals surface area contributed by atoms with Crippen LogP contribution in [0.3, 0.4) is 0 Å². The van der Waals surface area contributed by atoms with Crippen LogP contribution in [0.25, 0.3) is 0 Å². The van der Waals surface area contributed by atoms with Gasteiger partial charge in [0.1, 0.15) is 5.78 Å². The third-order valence-electron chi connectivity index (χ3n) is 8.24. The maximum absolute atomic E-state index is 12.5. The SMILES string of the molecule is C[C@@H]1C[C@@H]2C[C@H](O)C=C[C@]2(C)C2CC[C@]3(C)C(=O)CCC3C21. The Morgan fingerprint density at radius 2 is 1.95 bits per heavy atom. The van der Waals surface area contributed by atoms with Gasteiger partial charge in [0.2, 0.25) is 0 Å². The quantitative estimate of drug-likeness (QED) is 0.687. The molecule has 0 bridgehead atoms. The molecule has 4 aliphatic rings. The van der Waals surface area contributed by atoms with Crippen LogP contribution in [0.15, 0.2) is 12.2 Å². The Morgan fingerprint density at radius 3 is 2.73 bits per heavy atom. The van der Waals surface area contributed by atoms with Gasteiger partial charge in [0.25, 0.3) is 0 Å². The van der Waals surface area contributed by atoms with Crippen molar-refractivity contribution < 1.29 is 9.90 Å². The summed E-state index contributed by atoms with van der Waals surface area (Å²) in [5, 5.41) is 10.0. The standard InChI is InChI=1S/C20H30O2/c1-12-10-13-11-14(21)6-8-19(13,2)16-7-9-20(3)15(18(12)16)4-5-17(20)22/h6,8,12-16,18,21H,4-5,7,9-11H2,1-3H3/t12-,13-,14-,15?,16?,18?,19+,20+/m1/s1. The van der Waals surface area contributed by atoms with Gasteiger partial charge in [-0.05, 0) is 67.1 Å². The van der Waals surface area contributed by atoms with Crippen molar-refractivity contribution in [1.29, 1.82) is 0 Å². The topological polar surface area (TPSA) is 37.3 Å². The molecule has 3 saturated carbocycles. The predicted octanol–water partition coefficient (Wildman–Crippen LogP) is 3.98. The molecule has 3 fully saturated rings. The van der Waals surface area contributed by atoms with Gasteiger partial charge < -0.3 is 5.11 Å². The second-order valence-corrected chi connectivity index (χ2v) is 9.15. The van der Waals surface area contributed by atoms with E-state index in [1.165, 1.54) is 12.8 Å². The first-order valence-electron chi connectivity index (χ1n) is 9.27. The lowest BCUT2D eigenvalue weighted by atomic mass is 9.44. The van der Waals surface area contributed by atoms with E-state index in [1.54, 1.807) is 0 Å². The average Bonchev–Trinajstić information content (AvgIpc) is 2.77. The number of rotatable bonds is 0. The number of carbonyl (C=O) groups excluding carboxylic acids is 1. The Bertz CT molecular complexity index is 524. The minimum absolute atomic E-state index is 0.0312. The fourth-order valence-electron chi connectivity index (χ4n) is 6.95. The molecule has 4 aliphatic carbocycles. The number of carbonyl (C=O) groups is 1. The molecule has 2 heteroatoms. The second kappa shape index (κ2) is 4.69. The molecule has 0 spiro atoms. The Balaban J connectivity index is 1.73. The van der Waals surface area contributed by atoms with Crippen molar-refractivity contribution in [2.24, 2.45) is 40.4 Å². The van der Waals surface area contributed by atoms with Crippen LogP contribution in [0, 0.1) is 40.4 Å². The van der Waals surface area contributed by atoms with Crippen molar-refractivity contribution in [3.8, 4) is 0 Å². The van der Waals surface area contributed by atoms with E-state index < -0.39 is 0 Å². The van der Waals surface area contributed by atoms with E-state index in [2.05, 4.69) is 26.8 Å². The molecule has 8 atom stereocenters. The van der Waals surface area contributed by atoms with Crippen LogP contribution in [-0.4, -0.2) is 17.0 Å². The van der Waals surface area contributed by atoms with Crippen molar-refractivity contribution in [2.75, 3.05) is 0 Å². The van der Waals surface area contributed by atoms with E-state index in [4.69, 9.17) is 0 Å². The number of hydrogen-bond donors (Lipinski definition) is 1. The molecule has 1 N–H and O–H groups in total. The summed E-state index contributed by atoms with van der Waals surface area (Å²) >= 11 is 0. The number of aliphatic hydroxyl groups is 1. The minimum Gasteiger partial charge on any atom is -0.389 e. The zero-order chi connectivity index (χ0) is 15.7. The monoisotopic (exact) mass is 302 g/mol. The third-order valence-corrected chi connectivity index (χ3v) is 8.24. The van der Waals surface area contributed by atoms with Crippen LogP contribution in [0.5, 0.6) is 0 Å². The van der Waals surface area contributed by atoms with Crippen molar-refractivity contribution in [1.82, 2.24) is 0 Å². The largest absolute Gasteiger partial charge is 0.389 e. The Hall–Kier alpha value is -0.630. The van der Waals surface area contributed by atoms with Crippen molar-refractivity contribution in [2.45, 2.75) is 65.4 Å². The van der Waals surface area contributed by atoms with Gasteiger partial charge in [0.15, 0.2) is 0 Å². The van der Waals surface area contributed by atoms with Crippen LogP contribution in [0.2, 0.25) is 0 Å². The van der Waals surface area contributed by atoms with Crippen LogP contribution in [0.4, 0.5) is 0 Å². The molecular formula is C20H30O2. The maximum atomic E-state index is 12.5. The summed E-state index contributed by atoms with van der Waals surface area (Å²) in [7, 11) is 0.